The Morgan fingerprint density at radius 2 is 1.92 bits per heavy atom. The highest BCUT2D eigenvalue weighted by atomic mass is 16.6. The predicted molar refractivity (Wildman–Crippen MR) is 87.8 cm³/mol. The van der Waals surface area contributed by atoms with Gasteiger partial charge in [0.25, 0.3) is 0 Å². The number of unbranched alkanes of at least 4 members (excludes halogenated alkanes) is 1. The first-order valence-corrected chi connectivity index (χ1v) is 7.64. The monoisotopic (exact) mass is 342 g/mol. The van der Waals surface area contributed by atoms with Crippen molar-refractivity contribution in [2.75, 3.05) is 6.54 Å². The van der Waals surface area contributed by atoms with E-state index in [0.717, 1.165) is 0 Å². The number of alkyl carbamates (subject to hydrolysis) is 1. The number of nitrogens with two attached hydrogens (primary N) is 2. The first-order chi connectivity index (χ1) is 11.1. The molecule has 0 aromatic rings. The number of carbonyl (C=O) groups is 3. The van der Waals surface area contributed by atoms with Gasteiger partial charge in [0.1, 0.15) is 11.6 Å². The second-order valence-electron chi connectivity index (χ2n) is 6.33. The molecule has 5 N–H and O–H groups in total. The standard InChI is InChI=1S/C14H26N6O4/c1-14(2,3)24-13(23)19-10(8-11(16)21)12(22)9(15)6-4-5-7-18-20-17/h9-10H,4-8,15H2,1-3H3,(H2,16,21)(H,19,23)/t9?,10-/m1/s1. The topological polar surface area (TPSA) is 173 Å². The van der Waals surface area contributed by atoms with Gasteiger partial charge in [0.2, 0.25) is 5.91 Å². The van der Waals surface area contributed by atoms with Crippen LogP contribution in [0.5, 0.6) is 0 Å². The zero-order valence-electron chi connectivity index (χ0n) is 14.3. The molecule has 1 unspecified atom stereocenters. The van der Waals surface area contributed by atoms with Gasteiger partial charge in [-0.25, -0.2) is 4.79 Å². The lowest BCUT2D eigenvalue weighted by Crippen LogP contribution is -2.50. The molecule has 136 valence electrons. The number of amides is 2. The van der Waals surface area contributed by atoms with E-state index in [1.165, 1.54) is 0 Å². The van der Waals surface area contributed by atoms with E-state index in [1.807, 2.05) is 0 Å². The lowest BCUT2D eigenvalue weighted by molar-refractivity contribution is -0.126. The van der Waals surface area contributed by atoms with Crippen LogP contribution in [-0.4, -0.2) is 42.0 Å². The molecule has 0 aliphatic heterocycles. The summed E-state index contributed by atoms with van der Waals surface area (Å²) in [6, 6.07) is -2.00. The van der Waals surface area contributed by atoms with Crippen LogP contribution in [0.25, 0.3) is 10.4 Å². The summed E-state index contributed by atoms with van der Waals surface area (Å²) in [6.45, 7) is 5.34. The van der Waals surface area contributed by atoms with Gasteiger partial charge >= 0.3 is 6.09 Å². The average molecular weight is 342 g/mol. The number of hydrogen-bond acceptors (Lipinski definition) is 6. The molecule has 0 spiro atoms. The molecule has 0 bridgehead atoms. The molecule has 0 saturated carbocycles. The highest BCUT2D eigenvalue weighted by molar-refractivity contribution is 5.94. The fourth-order valence-electron chi connectivity index (χ4n) is 1.87. The highest BCUT2D eigenvalue weighted by Gasteiger charge is 2.29. The van der Waals surface area contributed by atoms with E-state index in [9.17, 15) is 14.4 Å². The number of ketones is 1. The van der Waals surface area contributed by atoms with Crippen LogP contribution in [0.2, 0.25) is 0 Å². The Bertz CT molecular complexity index is 496. The number of nitrogens with zero attached hydrogens (tertiary/aromatic N) is 3. The van der Waals surface area contributed by atoms with E-state index < -0.39 is 35.5 Å². The second-order valence-corrected chi connectivity index (χ2v) is 6.33. The zero-order valence-corrected chi connectivity index (χ0v) is 14.3. The minimum Gasteiger partial charge on any atom is -0.444 e. The molecule has 0 heterocycles. The van der Waals surface area contributed by atoms with E-state index in [1.54, 1.807) is 20.8 Å². The number of rotatable bonds is 10. The fraction of sp³-hybridized carbons (Fsp3) is 0.786. The van der Waals surface area contributed by atoms with Gasteiger partial charge in [-0.05, 0) is 39.1 Å². The minimum absolute atomic E-state index is 0.318. The normalized spacial score (nSPS) is 13.3. The third-order valence-electron chi connectivity index (χ3n) is 2.89. The molecule has 10 nitrogen and oxygen atoms in total. The zero-order chi connectivity index (χ0) is 18.8. The highest BCUT2D eigenvalue weighted by Crippen LogP contribution is 2.09. The number of hydrogen-bond donors (Lipinski definition) is 3. The number of Topliss-reactive ketones (excluding diaryl/α,β-unsaturated/α-hetero) is 1. The van der Waals surface area contributed by atoms with Crippen LogP contribution in [0.1, 0.15) is 46.5 Å². The second kappa shape index (κ2) is 10.5. The summed E-state index contributed by atoms with van der Waals surface area (Å²) in [6.07, 6.45) is 0.319. The lowest BCUT2D eigenvalue weighted by atomic mass is 9.98. The van der Waals surface area contributed by atoms with E-state index in [0.29, 0.717) is 25.8 Å². The molecule has 0 rings (SSSR count). The van der Waals surface area contributed by atoms with Gasteiger partial charge in [-0.2, -0.15) is 0 Å². The Balaban J connectivity index is 4.66. The number of carbonyl (C=O) groups excluding carboxylic acids is 3. The Labute approximate surface area is 140 Å². The molecule has 0 aliphatic carbocycles. The Morgan fingerprint density at radius 3 is 2.42 bits per heavy atom. The Kier molecular flexibility index (Phi) is 9.44. The van der Waals surface area contributed by atoms with Gasteiger partial charge in [0.05, 0.1) is 12.5 Å². The van der Waals surface area contributed by atoms with Crippen molar-refractivity contribution < 1.29 is 19.1 Å². The van der Waals surface area contributed by atoms with Crippen molar-refractivity contribution in [2.45, 2.75) is 64.1 Å². The van der Waals surface area contributed by atoms with Crippen LogP contribution in [-0.2, 0) is 14.3 Å². The van der Waals surface area contributed by atoms with Crippen LogP contribution >= 0.6 is 0 Å². The van der Waals surface area contributed by atoms with Gasteiger partial charge in [0, 0.05) is 11.5 Å². The fourth-order valence-corrected chi connectivity index (χ4v) is 1.87. The van der Waals surface area contributed by atoms with Gasteiger partial charge in [-0.15, -0.1) is 0 Å². The van der Waals surface area contributed by atoms with Crippen LogP contribution in [0, 0.1) is 0 Å². The van der Waals surface area contributed by atoms with Crippen molar-refractivity contribution in [2.24, 2.45) is 16.6 Å². The van der Waals surface area contributed by atoms with Crippen molar-refractivity contribution in [3.63, 3.8) is 0 Å². The van der Waals surface area contributed by atoms with E-state index in [2.05, 4.69) is 15.3 Å². The van der Waals surface area contributed by atoms with Gasteiger partial charge in [-0.3, -0.25) is 9.59 Å². The predicted octanol–water partition coefficient (Wildman–Crippen LogP) is 1.13. The summed E-state index contributed by atoms with van der Waals surface area (Å²) < 4.78 is 5.06. The van der Waals surface area contributed by atoms with Gasteiger partial charge in [0.15, 0.2) is 5.78 Å². The van der Waals surface area contributed by atoms with E-state index in [4.69, 9.17) is 21.7 Å². The molecule has 0 aromatic carbocycles. The molecular formula is C14H26N6O4. The summed E-state index contributed by atoms with van der Waals surface area (Å²) >= 11 is 0. The lowest BCUT2D eigenvalue weighted by Gasteiger charge is -2.24. The maximum atomic E-state index is 12.3. The Morgan fingerprint density at radius 1 is 1.29 bits per heavy atom. The number of ether oxygens (including phenoxy) is 1. The SMILES string of the molecule is CC(C)(C)OC(=O)N[C@H](CC(N)=O)C(=O)C(N)CCCCN=[N+]=[N-]. The molecule has 0 aliphatic rings. The molecule has 0 aromatic heterocycles. The van der Waals surface area contributed by atoms with Gasteiger partial charge in [-0.1, -0.05) is 11.5 Å². The molecule has 0 saturated heterocycles. The van der Waals surface area contributed by atoms with E-state index >= 15 is 0 Å². The van der Waals surface area contributed by atoms with Crippen molar-refractivity contribution in [3.8, 4) is 0 Å². The quantitative estimate of drug-likeness (QED) is 0.233. The van der Waals surface area contributed by atoms with Crippen LogP contribution in [0.15, 0.2) is 5.11 Å². The number of nitrogens with one attached hydrogen (secondary N) is 1. The summed E-state index contributed by atoms with van der Waals surface area (Å²) in [4.78, 5) is 37.9. The molecule has 24 heavy (non-hydrogen) atoms. The molecule has 2 amide bonds. The van der Waals surface area contributed by atoms with Crippen molar-refractivity contribution >= 4 is 17.8 Å². The van der Waals surface area contributed by atoms with Crippen LogP contribution < -0.4 is 16.8 Å². The van der Waals surface area contributed by atoms with Crippen LogP contribution in [0.4, 0.5) is 4.79 Å². The molecule has 0 radical (unpaired) electrons. The number of primary amides is 1. The van der Waals surface area contributed by atoms with Crippen molar-refractivity contribution in [1.82, 2.24) is 5.32 Å². The third-order valence-corrected chi connectivity index (χ3v) is 2.89. The molecule has 0 fully saturated rings. The molecule has 2 atom stereocenters. The summed E-state index contributed by atoms with van der Waals surface area (Å²) in [7, 11) is 0. The Hall–Kier alpha value is -2.32. The average Bonchev–Trinajstić information content (AvgIpc) is 2.42. The molecule has 10 heteroatoms. The molecular weight excluding hydrogens is 316 g/mol. The van der Waals surface area contributed by atoms with E-state index in [-0.39, 0.29) is 6.42 Å². The first-order valence-electron chi connectivity index (χ1n) is 7.64. The number of azide groups is 1. The largest absolute Gasteiger partial charge is 0.444 e. The van der Waals surface area contributed by atoms with Crippen molar-refractivity contribution in [3.05, 3.63) is 10.4 Å². The van der Waals surface area contributed by atoms with Gasteiger partial charge < -0.3 is 21.5 Å². The minimum atomic E-state index is -1.13. The summed E-state index contributed by atoms with van der Waals surface area (Å²) in [5.41, 5.74) is 18.4. The maximum absolute atomic E-state index is 12.3. The maximum Gasteiger partial charge on any atom is 0.408 e. The van der Waals surface area contributed by atoms with Crippen molar-refractivity contribution in [1.29, 1.82) is 0 Å². The third kappa shape index (κ3) is 10.4. The first kappa shape index (κ1) is 21.7. The summed E-state index contributed by atoms with van der Waals surface area (Å²) in [5, 5.41) is 5.72. The van der Waals surface area contributed by atoms with Crippen LogP contribution in [0.3, 0.4) is 0 Å². The summed E-state index contributed by atoms with van der Waals surface area (Å²) in [5.74, 6) is -1.23. The smallest absolute Gasteiger partial charge is 0.408 e.